The largest absolute Gasteiger partial charge is 0.505 e. The quantitative estimate of drug-likeness (QED) is 0.350. The van der Waals surface area contributed by atoms with Crippen LogP contribution in [0.2, 0.25) is 5.02 Å². The Morgan fingerprint density at radius 3 is 2.46 bits per heavy atom. The van der Waals surface area contributed by atoms with Crippen molar-refractivity contribution in [3.8, 4) is 5.75 Å². The third kappa shape index (κ3) is 3.37. The van der Waals surface area contributed by atoms with E-state index in [1.165, 1.54) is 23.1 Å². The number of aromatic hydroxyl groups is 1. The number of rotatable bonds is 2. The summed E-state index contributed by atoms with van der Waals surface area (Å²) in [6, 6.07) is 10.5. The van der Waals surface area contributed by atoms with Gasteiger partial charge in [0.1, 0.15) is 0 Å². The number of hydrogen-bond acceptors (Lipinski definition) is 5. The molecule has 8 heteroatoms. The number of anilines is 1. The molecule has 2 aromatic carbocycles. The third-order valence-corrected chi connectivity index (χ3v) is 8.23. The van der Waals surface area contributed by atoms with Crippen molar-refractivity contribution in [2.75, 3.05) is 4.90 Å². The lowest BCUT2D eigenvalue weighted by atomic mass is 9.59. The van der Waals surface area contributed by atoms with E-state index in [1.54, 1.807) is 31.2 Å². The van der Waals surface area contributed by atoms with Gasteiger partial charge in [0, 0.05) is 33.2 Å². The molecule has 0 aromatic heterocycles. The summed E-state index contributed by atoms with van der Waals surface area (Å²) in [6.45, 7) is 1.56. The molecule has 1 aliphatic heterocycles. The van der Waals surface area contributed by atoms with E-state index in [0.29, 0.717) is 16.3 Å². The van der Waals surface area contributed by atoms with Crippen LogP contribution in [-0.2, 0) is 19.2 Å². The van der Waals surface area contributed by atoms with Gasteiger partial charge in [0.15, 0.2) is 23.1 Å². The van der Waals surface area contributed by atoms with Gasteiger partial charge in [0.25, 0.3) is 0 Å². The highest BCUT2D eigenvalue weighted by atomic mass is 35.5. The molecule has 0 saturated carbocycles. The first-order valence-electron chi connectivity index (χ1n) is 12.0. The molecule has 1 saturated heterocycles. The highest BCUT2D eigenvalue weighted by molar-refractivity contribution is 6.31. The molecule has 2 amide bonds. The minimum absolute atomic E-state index is 0.109. The molecule has 2 aromatic rings. The van der Waals surface area contributed by atoms with Crippen LogP contribution in [0.25, 0.3) is 0 Å². The van der Waals surface area contributed by atoms with Gasteiger partial charge in [0.2, 0.25) is 11.8 Å². The summed E-state index contributed by atoms with van der Waals surface area (Å²) in [5, 5.41) is 11.1. The van der Waals surface area contributed by atoms with Crippen molar-refractivity contribution in [1.29, 1.82) is 0 Å². The maximum atomic E-state index is 14.4. The van der Waals surface area contributed by atoms with Crippen molar-refractivity contribution in [3.63, 3.8) is 0 Å². The number of carbonyl (C=O) groups is 4. The number of phenols is 1. The molecule has 1 heterocycles. The van der Waals surface area contributed by atoms with Crippen LogP contribution in [0.5, 0.6) is 5.75 Å². The Balaban J connectivity index is 1.50. The number of fused-ring (bicyclic) bond motifs is 3. The van der Waals surface area contributed by atoms with Gasteiger partial charge in [-0.05, 0) is 62.1 Å². The van der Waals surface area contributed by atoms with Crippen LogP contribution in [0.1, 0.15) is 31.2 Å². The second-order valence-electron chi connectivity index (χ2n) is 9.89. The molecule has 4 atom stereocenters. The predicted molar refractivity (Wildman–Crippen MR) is 133 cm³/mol. The number of ketones is 2. The van der Waals surface area contributed by atoms with Gasteiger partial charge in [-0.25, -0.2) is 4.39 Å². The second kappa shape index (κ2) is 8.35. The maximum Gasteiger partial charge on any atom is 0.238 e. The number of nitrogens with zero attached hydrogens (tertiary/aromatic N) is 1. The lowest BCUT2D eigenvalue weighted by molar-refractivity contribution is -0.123. The van der Waals surface area contributed by atoms with E-state index in [2.05, 4.69) is 0 Å². The van der Waals surface area contributed by atoms with Crippen LogP contribution in [0.4, 0.5) is 10.1 Å². The fourth-order valence-electron chi connectivity index (χ4n) is 6.35. The number of benzene rings is 2. The summed E-state index contributed by atoms with van der Waals surface area (Å²) in [5.41, 5.74) is 1.95. The molecule has 0 unspecified atom stereocenters. The molecule has 4 aliphatic rings. The summed E-state index contributed by atoms with van der Waals surface area (Å²) < 4.78 is 14.4. The van der Waals surface area contributed by atoms with Crippen molar-refractivity contribution in [1.82, 2.24) is 0 Å². The Bertz CT molecular complexity index is 1520. The van der Waals surface area contributed by atoms with Gasteiger partial charge in [0.05, 0.1) is 17.5 Å². The van der Waals surface area contributed by atoms with Crippen LogP contribution < -0.4 is 4.90 Å². The Morgan fingerprint density at radius 1 is 1.00 bits per heavy atom. The Kier molecular flexibility index (Phi) is 5.31. The number of amides is 2. The number of para-hydroxylation sites is 1. The maximum absolute atomic E-state index is 14.4. The Labute approximate surface area is 216 Å². The zero-order valence-electron chi connectivity index (χ0n) is 19.7. The number of allylic oxidation sites excluding steroid dienone is 6. The van der Waals surface area contributed by atoms with Crippen LogP contribution in [0, 0.1) is 23.6 Å². The minimum Gasteiger partial charge on any atom is -0.505 e. The highest BCUT2D eigenvalue weighted by Gasteiger charge is 2.56. The van der Waals surface area contributed by atoms with E-state index in [-0.39, 0.29) is 58.5 Å². The molecule has 1 N–H and O–H groups in total. The van der Waals surface area contributed by atoms with E-state index in [9.17, 15) is 28.7 Å². The molecule has 3 aliphatic carbocycles. The van der Waals surface area contributed by atoms with E-state index in [0.717, 1.165) is 6.07 Å². The number of carbonyl (C=O) groups excluding carboxylic acids is 4. The second-order valence-corrected chi connectivity index (χ2v) is 10.3. The lowest BCUT2D eigenvalue weighted by Gasteiger charge is -2.42. The van der Waals surface area contributed by atoms with Gasteiger partial charge in [-0.15, -0.1) is 0 Å². The average Bonchev–Trinajstić information content (AvgIpc) is 3.13. The highest BCUT2D eigenvalue weighted by Crippen LogP contribution is 2.56. The molecule has 6 rings (SSSR count). The summed E-state index contributed by atoms with van der Waals surface area (Å²) in [6.07, 6.45) is 3.45. The number of hydrogen-bond donors (Lipinski definition) is 1. The fraction of sp³-hybridized carbons (Fsp3) is 0.241. The van der Waals surface area contributed by atoms with Crippen LogP contribution >= 0.6 is 11.6 Å². The SMILES string of the molecule is CC1=CC(=O)C2=C(C[C@@H]3C(=CC[C@@H]4C(=O)N(c5ccc(Cl)cc5)C(=O)[C@@H]43)[C@@H]2c2cccc(F)c2O)C1=O. The molecule has 1 fully saturated rings. The first kappa shape index (κ1) is 23.6. The van der Waals surface area contributed by atoms with Crippen LogP contribution in [0.3, 0.4) is 0 Å². The molecule has 37 heavy (non-hydrogen) atoms. The van der Waals surface area contributed by atoms with E-state index in [4.69, 9.17) is 11.6 Å². The standard InChI is InChI=1S/C29H21ClFNO5/c1-13-11-22(33)25-20(26(13)34)12-19-16(23(25)17-3-2-4-21(31)27(17)35)9-10-18-24(19)29(37)32(28(18)36)15-7-5-14(30)6-8-15/h2-9,11,18-19,23-24,35H,10,12H2,1H3/t18-,19+,23+,24-/m0/s1. The van der Waals surface area contributed by atoms with Crippen molar-refractivity contribution in [3.05, 3.63) is 93.3 Å². The van der Waals surface area contributed by atoms with Crippen molar-refractivity contribution in [2.45, 2.75) is 25.7 Å². The summed E-state index contributed by atoms with van der Waals surface area (Å²) in [4.78, 5) is 54.8. The molecule has 0 spiro atoms. The van der Waals surface area contributed by atoms with Gasteiger partial charge in [-0.1, -0.05) is 35.4 Å². The first-order valence-corrected chi connectivity index (χ1v) is 12.4. The summed E-state index contributed by atoms with van der Waals surface area (Å²) >= 11 is 5.99. The molecule has 6 nitrogen and oxygen atoms in total. The minimum atomic E-state index is -0.904. The monoisotopic (exact) mass is 517 g/mol. The lowest BCUT2D eigenvalue weighted by Crippen LogP contribution is -2.39. The average molecular weight is 518 g/mol. The number of phenolic OH excluding ortho intramolecular Hbond substituents is 1. The summed E-state index contributed by atoms with van der Waals surface area (Å²) in [7, 11) is 0. The van der Waals surface area contributed by atoms with E-state index in [1.807, 2.05) is 6.08 Å². The fourth-order valence-corrected chi connectivity index (χ4v) is 6.47. The number of Topliss-reactive ketones (excluding diaryl/α,β-unsaturated/α-hetero) is 1. The van der Waals surface area contributed by atoms with Gasteiger partial charge in [-0.3, -0.25) is 24.1 Å². The zero-order valence-corrected chi connectivity index (χ0v) is 20.5. The predicted octanol–water partition coefficient (Wildman–Crippen LogP) is 4.82. The van der Waals surface area contributed by atoms with Crippen LogP contribution in [-0.4, -0.2) is 28.5 Å². The number of imide groups is 1. The third-order valence-electron chi connectivity index (χ3n) is 7.98. The Hall–Kier alpha value is -3.84. The van der Waals surface area contributed by atoms with Crippen molar-refractivity contribution >= 4 is 40.7 Å². The molecular formula is C29H21ClFNO5. The van der Waals surface area contributed by atoms with Gasteiger partial charge in [-0.2, -0.15) is 0 Å². The van der Waals surface area contributed by atoms with Crippen LogP contribution in [0.15, 0.2) is 76.9 Å². The van der Waals surface area contributed by atoms with Gasteiger partial charge >= 0.3 is 0 Å². The van der Waals surface area contributed by atoms with E-state index < -0.39 is 35.2 Å². The zero-order chi connectivity index (χ0) is 26.2. The van der Waals surface area contributed by atoms with Gasteiger partial charge < -0.3 is 5.11 Å². The molecule has 0 radical (unpaired) electrons. The van der Waals surface area contributed by atoms with E-state index >= 15 is 0 Å². The number of halogens is 2. The topological polar surface area (TPSA) is 91.8 Å². The normalized spacial score (nSPS) is 27.1. The van der Waals surface area contributed by atoms with Crippen molar-refractivity contribution < 1.29 is 28.7 Å². The molecule has 0 bridgehead atoms. The summed E-state index contributed by atoms with van der Waals surface area (Å²) in [5.74, 6) is -5.73. The smallest absolute Gasteiger partial charge is 0.238 e. The molecular weight excluding hydrogens is 497 g/mol. The Morgan fingerprint density at radius 2 is 1.73 bits per heavy atom. The molecule has 186 valence electrons. The first-order chi connectivity index (χ1) is 17.7. The van der Waals surface area contributed by atoms with Crippen molar-refractivity contribution in [2.24, 2.45) is 17.8 Å².